The highest BCUT2D eigenvalue weighted by molar-refractivity contribution is 7.30. The van der Waals surface area contributed by atoms with Crippen molar-refractivity contribution < 1.29 is 14.4 Å². The normalized spacial score (nSPS) is 12.3. The summed E-state index contributed by atoms with van der Waals surface area (Å²) in [4.78, 5) is 19.0. The summed E-state index contributed by atoms with van der Waals surface area (Å²) < 4.78 is 10.7. The highest BCUT2D eigenvalue weighted by atomic mass is 35.5. The zero-order valence-corrected chi connectivity index (χ0v) is 22.3. The first-order valence-electron chi connectivity index (χ1n) is 12.1. The minimum atomic E-state index is -3.13. The van der Waals surface area contributed by atoms with Crippen LogP contribution in [0.3, 0.4) is 0 Å². The van der Waals surface area contributed by atoms with Gasteiger partial charge >= 0.3 is 8.25 Å². The van der Waals surface area contributed by atoms with Crippen molar-refractivity contribution in [1.82, 2.24) is 14.8 Å². The van der Waals surface area contributed by atoms with Gasteiger partial charge in [-0.05, 0) is 29.0 Å². The van der Waals surface area contributed by atoms with Crippen LogP contribution < -0.4 is 0 Å². The number of benzene rings is 3. The molecule has 6 nitrogen and oxygen atoms in total. The van der Waals surface area contributed by atoms with Crippen LogP contribution in [0.2, 0.25) is 0 Å². The van der Waals surface area contributed by atoms with Crippen LogP contribution >= 0.6 is 19.9 Å². The highest BCUT2D eigenvalue weighted by Gasteiger charge is 2.40. The topological polar surface area (TPSA) is 88.2 Å². The first-order chi connectivity index (χ1) is 17.4. The number of rotatable bonds is 9. The second-order valence-electron chi connectivity index (χ2n) is 8.52. The Labute approximate surface area is 218 Å². The van der Waals surface area contributed by atoms with Crippen LogP contribution in [0.5, 0.6) is 0 Å². The molecule has 0 saturated heterocycles. The van der Waals surface area contributed by atoms with Gasteiger partial charge in [-0.1, -0.05) is 118 Å². The fraction of sp³-hybridized carbons (Fsp3) is 0.286. The predicted molar refractivity (Wildman–Crippen MR) is 145 cm³/mol. The molecule has 36 heavy (non-hydrogen) atoms. The van der Waals surface area contributed by atoms with Crippen LogP contribution in [0.25, 0.3) is 0 Å². The van der Waals surface area contributed by atoms with E-state index < -0.39 is 13.8 Å². The average molecular weight is 526 g/mol. The molecule has 0 aliphatic carbocycles. The molecule has 0 bridgehead atoms. The quantitative estimate of drug-likeness (QED) is 0.146. The molecular weight excluding hydrogens is 493 g/mol. The first kappa shape index (κ1) is 27.8. The molecule has 0 fully saturated rings. The summed E-state index contributed by atoms with van der Waals surface area (Å²) in [6.45, 7) is 4.43. The van der Waals surface area contributed by atoms with Crippen molar-refractivity contribution in [1.29, 1.82) is 0 Å². The molecule has 1 atom stereocenters. The van der Waals surface area contributed by atoms with Crippen molar-refractivity contribution in [3.8, 4) is 0 Å². The number of alkyl halides is 1. The Balaban J connectivity index is 0.000000840. The molecule has 0 saturated carbocycles. The van der Waals surface area contributed by atoms with Gasteiger partial charge in [0.15, 0.2) is 5.82 Å². The van der Waals surface area contributed by atoms with Gasteiger partial charge in [-0.3, -0.25) is 4.57 Å². The maximum atomic E-state index is 8.74. The molecule has 0 aliphatic rings. The van der Waals surface area contributed by atoms with Crippen molar-refractivity contribution in [2.45, 2.75) is 44.0 Å². The van der Waals surface area contributed by atoms with Gasteiger partial charge in [0.25, 0.3) is 0 Å². The van der Waals surface area contributed by atoms with Gasteiger partial charge in [0.05, 0.1) is 5.38 Å². The van der Waals surface area contributed by atoms with E-state index >= 15 is 0 Å². The fourth-order valence-electron chi connectivity index (χ4n) is 4.54. The number of halogens is 1. The number of aromatic nitrogens is 3. The Bertz CT molecular complexity index is 1100. The van der Waals surface area contributed by atoms with Gasteiger partial charge < -0.3 is 9.79 Å². The smallest absolute Gasteiger partial charge is 0.314 e. The van der Waals surface area contributed by atoms with Crippen molar-refractivity contribution in [2.75, 3.05) is 0 Å². The van der Waals surface area contributed by atoms with Crippen molar-refractivity contribution in [2.24, 2.45) is 5.92 Å². The molecule has 0 radical (unpaired) electrons. The van der Waals surface area contributed by atoms with Crippen LogP contribution in [0.1, 0.15) is 61.0 Å². The lowest BCUT2D eigenvalue weighted by Crippen LogP contribution is -2.38. The van der Waals surface area contributed by atoms with Gasteiger partial charge in [-0.15, -0.1) is 11.6 Å². The van der Waals surface area contributed by atoms with Crippen LogP contribution in [0, 0.1) is 5.92 Å². The molecule has 190 valence electrons. The van der Waals surface area contributed by atoms with Crippen molar-refractivity contribution in [3.63, 3.8) is 0 Å². The Morgan fingerprint density at radius 2 is 1.22 bits per heavy atom. The Morgan fingerprint density at radius 3 is 1.58 bits per heavy atom. The average Bonchev–Trinajstić information content (AvgIpc) is 3.40. The summed E-state index contributed by atoms with van der Waals surface area (Å²) in [6.07, 6.45) is 4.95. The molecule has 4 rings (SSSR count). The lowest BCUT2D eigenvalue weighted by atomic mass is 9.77. The summed E-state index contributed by atoms with van der Waals surface area (Å²) >= 11 is 6.82. The third-order valence-corrected chi connectivity index (χ3v) is 6.78. The second kappa shape index (κ2) is 13.5. The third-order valence-electron chi connectivity index (χ3n) is 6.40. The van der Waals surface area contributed by atoms with E-state index in [1.165, 1.54) is 0 Å². The molecule has 4 aromatic rings. The van der Waals surface area contributed by atoms with E-state index in [-0.39, 0.29) is 5.38 Å². The summed E-state index contributed by atoms with van der Waals surface area (Å²) in [5, 5.41) is 4.80. The van der Waals surface area contributed by atoms with Crippen molar-refractivity contribution >= 4 is 19.9 Å². The van der Waals surface area contributed by atoms with Gasteiger partial charge in [0, 0.05) is 0 Å². The maximum Gasteiger partial charge on any atom is 0.314 e. The van der Waals surface area contributed by atoms with Gasteiger partial charge in [0.1, 0.15) is 11.9 Å². The van der Waals surface area contributed by atoms with Gasteiger partial charge in [-0.2, -0.15) is 5.10 Å². The Kier molecular flexibility index (Phi) is 10.4. The highest BCUT2D eigenvalue weighted by Crippen LogP contribution is 2.40. The van der Waals surface area contributed by atoms with Crippen LogP contribution in [-0.2, 0) is 10.1 Å². The SMILES string of the molecule is CCC(CC)CC(Cl)c1ncn(C(c2ccccc2)(c2ccccc2)c2ccccc2)n1.O=[PH](O)O. The molecule has 3 aromatic carbocycles. The molecule has 0 aliphatic heterocycles. The molecule has 1 heterocycles. The minimum absolute atomic E-state index is 0.207. The van der Waals surface area contributed by atoms with E-state index in [1.807, 2.05) is 29.2 Å². The maximum absolute atomic E-state index is 8.74. The zero-order chi connectivity index (χ0) is 26.0. The molecule has 0 amide bonds. The predicted octanol–water partition coefficient (Wildman–Crippen LogP) is 6.59. The van der Waals surface area contributed by atoms with Crippen LogP contribution in [0.15, 0.2) is 97.3 Å². The monoisotopic (exact) mass is 525 g/mol. The van der Waals surface area contributed by atoms with E-state index in [1.54, 1.807) is 0 Å². The fourth-order valence-corrected chi connectivity index (χ4v) is 4.89. The number of hydrogen-bond donors (Lipinski definition) is 2. The molecule has 1 aromatic heterocycles. The molecule has 1 unspecified atom stereocenters. The third kappa shape index (κ3) is 6.51. The zero-order valence-electron chi connectivity index (χ0n) is 20.5. The van der Waals surface area contributed by atoms with Crippen molar-refractivity contribution in [3.05, 3.63) is 120 Å². The largest absolute Gasteiger partial charge is 0.326 e. The second-order valence-corrected chi connectivity index (χ2v) is 9.62. The van der Waals surface area contributed by atoms with Gasteiger partial charge in [0.2, 0.25) is 0 Å². The lowest BCUT2D eigenvalue weighted by molar-refractivity contribution is 0.405. The summed E-state index contributed by atoms with van der Waals surface area (Å²) in [5.41, 5.74) is 2.72. The molecule has 0 spiro atoms. The van der Waals surface area contributed by atoms with E-state index in [9.17, 15) is 0 Å². The van der Waals surface area contributed by atoms with Crippen LogP contribution in [-0.4, -0.2) is 24.6 Å². The summed E-state index contributed by atoms with van der Waals surface area (Å²) in [5.74, 6) is 1.26. The van der Waals surface area contributed by atoms with E-state index in [0.717, 1.165) is 36.0 Å². The molecule has 8 heteroatoms. The van der Waals surface area contributed by atoms with E-state index in [4.69, 9.17) is 36.0 Å². The minimum Gasteiger partial charge on any atom is -0.326 e. The van der Waals surface area contributed by atoms with Gasteiger partial charge in [-0.25, -0.2) is 9.67 Å². The summed E-state index contributed by atoms with van der Waals surface area (Å²) in [6, 6.07) is 31.5. The Morgan fingerprint density at radius 1 is 0.833 bits per heavy atom. The molecular formula is C28H33ClN3O3P. The number of hydrogen-bond acceptors (Lipinski definition) is 3. The van der Waals surface area contributed by atoms with E-state index in [2.05, 4.69) is 86.6 Å². The standard InChI is InChI=1S/C28H30ClN3.H3O3P/c1-3-22(4-2)20-26(29)27-30-21-32(31-27)28(23-14-8-5-9-15-23,24-16-10-6-11-17-24)25-18-12-7-13-19-25;1-4(2)3/h5-19,21-22,26H,3-4,20H2,1-2H3;4H,(H2,1,2,3). The number of nitrogens with zero attached hydrogens (tertiary/aromatic N) is 3. The van der Waals surface area contributed by atoms with Crippen LogP contribution in [0.4, 0.5) is 0 Å². The lowest BCUT2D eigenvalue weighted by Gasteiger charge is -2.35. The Hall–Kier alpha value is -2.76. The van der Waals surface area contributed by atoms with E-state index in [0.29, 0.717) is 11.7 Å². The first-order valence-corrected chi connectivity index (χ1v) is 13.8. The summed E-state index contributed by atoms with van der Waals surface area (Å²) in [7, 11) is -3.13. The molecule has 2 N–H and O–H groups in total.